The lowest BCUT2D eigenvalue weighted by Gasteiger charge is -2.24. The molecule has 0 aliphatic carbocycles. The minimum atomic E-state index is -0.632. The second-order valence-electron chi connectivity index (χ2n) is 7.05. The lowest BCUT2D eigenvalue weighted by molar-refractivity contribution is -0.139. The number of phenols is 1. The Hall–Kier alpha value is -2.49. The fourth-order valence-electron chi connectivity index (χ4n) is 3.56. The summed E-state index contributed by atoms with van der Waals surface area (Å²) in [7, 11) is 0. The molecule has 3 aromatic rings. The molecule has 0 saturated carbocycles. The van der Waals surface area contributed by atoms with Crippen molar-refractivity contribution in [1.29, 1.82) is 0 Å². The molecule has 4 rings (SSSR count). The second kappa shape index (κ2) is 9.17. The Kier molecular flexibility index (Phi) is 6.50. The molecule has 0 spiro atoms. The quantitative estimate of drug-likeness (QED) is 0.475. The number of carbonyl (C=O) groups is 1. The highest BCUT2D eigenvalue weighted by Crippen LogP contribution is 2.34. The van der Waals surface area contributed by atoms with Gasteiger partial charge in [-0.05, 0) is 75.0 Å². The maximum atomic E-state index is 13.5. The van der Waals surface area contributed by atoms with Crippen LogP contribution in [0.2, 0.25) is 0 Å². The smallest absolute Gasteiger partial charge is 0.338 e. The van der Waals surface area contributed by atoms with Gasteiger partial charge in [-0.2, -0.15) is 0 Å². The molecule has 1 aliphatic rings. The van der Waals surface area contributed by atoms with Gasteiger partial charge in [0.05, 0.1) is 37.4 Å². The number of rotatable bonds is 4. The third-order valence-electron chi connectivity index (χ3n) is 4.97. The summed E-state index contributed by atoms with van der Waals surface area (Å²) in [6.45, 7) is 3.73. The van der Waals surface area contributed by atoms with Gasteiger partial charge in [-0.25, -0.2) is 9.79 Å². The average Bonchev–Trinajstić information content (AvgIpc) is 3.06. The van der Waals surface area contributed by atoms with E-state index in [1.165, 1.54) is 11.3 Å². The van der Waals surface area contributed by atoms with Crippen LogP contribution in [0.5, 0.6) is 5.75 Å². The van der Waals surface area contributed by atoms with Crippen molar-refractivity contribution in [3.63, 3.8) is 0 Å². The Morgan fingerprint density at radius 1 is 1.25 bits per heavy atom. The number of nitrogens with zero attached hydrogens (tertiary/aromatic N) is 2. The molecule has 0 unspecified atom stereocenters. The summed E-state index contributed by atoms with van der Waals surface area (Å²) in [6, 6.07) is 12.2. The molecule has 164 valence electrons. The number of carbonyl (C=O) groups excluding carboxylic acids is 1. The average molecular weight is 578 g/mol. The van der Waals surface area contributed by atoms with E-state index in [2.05, 4.69) is 36.9 Å². The summed E-state index contributed by atoms with van der Waals surface area (Å²) < 4.78 is 8.32. The Morgan fingerprint density at radius 2 is 1.91 bits per heavy atom. The second-order valence-corrected chi connectivity index (χ2v) is 9.76. The Bertz CT molecular complexity index is 1400. The summed E-state index contributed by atoms with van der Waals surface area (Å²) in [4.78, 5) is 31.4. The lowest BCUT2D eigenvalue weighted by atomic mass is 9.96. The fourth-order valence-corrected chi connectivity index (χ4v) is 5.83. The molecule has 1 N–H and O–H groups in total. The van der Waals surface area contributed by atoms with E-state index >= 15 is 0 Å². The van der Waals surface area contributed by atoms with Crippen molar-refractivity contribution in [1.82, 2.24) is 4.57 Å². The number of halogens is 2. The zero-order valence-electron chi connectivity index (χ0n) is 17.1. The van der Waals surface area contributed by atoms with Gasteiger partial charge in [-0.1, -0.05) is 41.7 Å². The normalized spacial score (nSPS) is 16.0. The third kappa shape index (κ3) is 4.12. The molecule has 32 heavy (non-hydrogen) atoms. The van der Waals surface area contributed by atoms with Gasteiger partial charge in [0.2, 0.25) is 0 Å². The third-order valence-corrected chi connectivity index (χ3v) is 7.16. The van der Waals surface area contributed by atoms with Crippen LogP contribution in [-0.2, 0) is 9.53 Å². The molecule has 0 bridgehead atoms. The molecule has 1 aliphatic heterocycles. The predicted octanol–water partition coefficient (Wildman–Crippen LogP) is 4.03. The van der Waals surface area contributed by atoms with E-state index in [4.69, 9.17) is 4.74 Å². The number of esters is 1. The number of benzene rings is 2. The van der Waals surface area contributed by atoms with Crippen molar-refractivity contribution in [2.75, 3.05) is 6.61 Å². The molecule has 2 aromatic carbocycles. The molecular weight excluding hydrogens is 560 g/mol. The van der Waals surface area contributed by atoms with Crippen molar-refractivity contribution >= 4 is 55.2 Å². The first-order valence-corrected chi connectivity index (χ1v) is 12.1. The summed E-state index contributed by atoms with van der Waals surface area (Å²) in [5, 5.41) is 9.96. The van der Waals surface area contributed by atoms with E-state index in [9.17, 15) is 14.7 Å². The van der Waals surface area contributed by atoms with Crippen molar-refractivity contribution in [3.8, 4) is 5.75 Å². The molecule has 2 heterocycles. The van der Waals surface area contributed by atoms with E-state index in [1.807, 2.05) is 30.3 Å². The first-order chi connectivity index (χ1) is 15.3. The highest BCUT2D eigenvalue weighted by atomic mass is 79.9. The Labute approximate surface area is 204 Å². The number of phenolic OH excluding ortho intramolecular Hbond substituents is 1. The number of allylic oxidation sites excluding steroid dienone is 1. The highest BCUT2D eigenvalue weighted by molar-refractivity contribution is 9.11. The zero-order valence-corrected chi connectivity index (χ0v) is 21.1. The maximum Gasteiger partial charge on any atom is 0.338 e. The molecule has 6 nitrogen and oxygen atoms in total. The SMILES string of the molecule is CCOC(=O)C1=C(C)N=c2s/c(=C/c3cc(Br)c(O)c(Br)c3)c(=O)n2[C@H]1c1ccccc1. The fraction of sp³-hybridized carbons (Fsp3) is 0.174. The summed E-state index contributed by atoms with van der Waals surface area (Å²) in [5.41, 5.74) is 2.15. The molecule has 0 amide bonds. The number of thiazole rings is 1. The standard InChI is InChI=1S/C23H18Br2N2O4S/c1-3-31-22(30)18-12(2)26-23-27(19(18)14-7-5-4-6-8-14)21(29)17(32-23)11-13-9-15(24)20(28)16(25)10-13/h4-11,19,28H,3H2,1-2H3/b17-11+/t19-/m0/s1. The number of aromatic hydroxyl groups is 1. The monoisotopic (exact) mass is 576 g/mol. The zero-order chi connectivity index (χ0) is 23.0. The van der Waals surface area contributed by atoms with Crippen molar-refractivity contribution in [3.05, 3.63) is 93.5 Å². The van der Waals surface area contributed by atoms with Gasteiger partial charge in [0, 0.05) is 0 Å². The minimum absolute atomic E-state index is 0.0855. The van der Waals surface area contributed by atoms with Crippen LogP contribution in [0.25, 0.3) is 6.08 Å². The van der Waals surface area contributed by atoms with Crippen molar-refractivity contribution in [2.45, 2.75) is 19.9 Å². The van der Waals surface area contributed by atoms with Gasteiger partial charge in [0.1, 0.15) is 5.75 Å². The molecule has 9 heteroatoms. The van der Waals surface area contributed by atoms with Crippen LogP contribution in [0.1, 0.15) is 31.0 Å². The van der Waals surface area contributed by atoms with E-state index in [-0.39, 0.29) is 17.9 Å². The number of aromatic nitrogens is 1. The molecule has 0 saturated heterocycles. The maximum absolute atomic E-state index is 13.5. The number of hydrogen-bond donors (Lipinski definition) is 1. The summed E-state index contributed by atoms with van der Waals surface area (Å²) in [6.07, 6.45) is 1.74. The molecule has 1 atom stereocenters. The van der Waals surface area contributed by atoms with Crippen LogP contribution >= 0.6 is 43.2 Å². The lowest BCUT2D eigenvalue weighted by Crippen LogP contribution is -2.39. The Morgan fingerprint density at radius 3 is 2.53 bits per heavy atom. The van der Waals surface area contributed by atoms with Crippen LogP contribution in [0.4, 0.5) is 0 Å². The van der Waals surface area contributed by atoms with Gasteiger partial charge >= 0.3 is 5.97 Å². The first kappa shape index (κ1) is 22.7. The molecule has 1 aromatic heterocycles. The van der Waals surface area contributed by atoms with Crippen LogP contribution in [0.15, 0.2) is 72.5 Å². The summed E-state index contributed by atoms with van der Waals surface area (Å²) in [5.74, 6) is -0.398. The van der Waals surface area contributed by atoms with Crippen molar-refractivity contribution in [2.24, 2.45) is 4.99 Å². The summed E-state index contributed by atoms with van der Waals surface area (Å²) >= 11 is 7.88. The van der Waals surface area contributed by atoms with Gasteiger partial charge in [-0.3, -0.25) is 9.36 Å². The number of hydrogen-bond acceptors (Lipinski definition) is 6. The van der Waals surface area contributed by atoms with E-state index < -0.39 is 12.0 Å². The van der Waals surface area contributed by atoms with Gasteiger partial charge in [0.15, 0.2) is 4.80 Å². The van der Waals surface area contributed by atoms with Crippen LogP contribution in [0, 0.1) is 0 Å². The minimum Gasteiger partial charge on any atom is -0.506 e. The van der Waals surface area contributed by atoms with Crippen LogP contribution < -0.4 is 14.9 Å². The topological polar surface area (TPSA) is 80.9 Å². The van der Waals surface area contributed by atoms with Gasteiger partial charge < -0.3 is 9.84 Å². The van der Waals surface area contributed by atoms with Crippen LogP contribution in [0.3, 0.4) is 0 Å². The van der Waals surface area contributed by atoms with Gasteiger partial charge in [-0.15, -0.1) is 0 Å². The molecular formula is C23H18Br2N2O4S. The van der Waals surface area contributed by atoms with Gasteiger partial charge in [0.25, 0.3) is 5.56 Å². The molecule has 0 radical (unpaired) electrons. The van der Waals surface area contributed by atoms with Crippen LogP contribution in [-0.4, -0.2) is 22.2 Å². The van der Waals surface area contributed by atoms with Crippen molar-refractivity contribution < 1.29 is 14.6 Å². The van der Waals surface area contributed by atoms with E-state index in [0.29, 0.717) is 29.5 Å². The number of fused-ring (bicyclic) bond motifs is 1. The highest BCUT2D eigenvalue weighted by Gasteiger charge is 2.33. The first-order valence-electron chi connectivity index (χ1n) is 9.74. The molecule has 0 fully saturated rings. The largest absolute Gasteiger partial charge is 0.506 e. The van der Waals surface area contributed by atoms with E-state index in [0.717, 1.165) is 11.1 Å². The van der Waals surface area contributed by atoms with E-state index in [1.54, 1.807) is 36.6 Å². The Balaban J connectivity index is 1.96. The number of ether oxygens (including phenoxy) is 1. The predicted molar refractivity (Wildman–Crippen MR) is 130 cm³/mol.